The molecule has 4 amide bonds. The van der Waals surface area contributed by atoms with Gasteiger partial charge in [-0.2, -0.15) is 0 Å². The van der Waals surface area contributed by atoms with Crippen LogP contribution in [-0.4, -0.2) is 70.7 Å². The maximum Gasteiger partial charge on any atom is 0.408 e. The monoisotopic (exact) mass is 556 g/mol. The lowest BCUT2D eigenvalue weighted by molar-refractivity contribution is -0.145. The number of amides is 4. The number of hydrogen-bond acceptors (Lipinski definition) is 6. The Balaban J connectivity index is 1.87. The summed E-state index contributed by atoms with van der Waals surface area (Å²) < 4.78 is 33.2. The van der Waals surface area contributed by atoms with Gasteiger partial charge in [0.1, 0.15) is 17.7 Å². The molecule has 0 aromatic rings. The van der Waals surface area contributed by atoms with Crippen LogP contribution >= 0.6 is 0 Å². The van der Waals surface area contributed by atoms with Crippen molar-refractivity contribution in [3.63, 3.8) is 0 Å². The van der Waals surface area contributed by atoms with Gasteiger partial charge in [0.2, 0.25) is 23.5 Å². The highest BCUT2D eigenvalue weighted by atomic mass is 19.3. The first-order chi connectivity index (χ1) is 17.9. The fourth-order valence-electron chi connectivity index (χ4n) is 6.19. The first-order valence-corrected chi connectivity index (χ1v) is 13.7. The highest BCUT2D eigenvalue weighted by Gasteiger charge is 2.69. The number of nitrogens with one attached hydrogen (secondary N) is 2. The van der Waals surface area contributed by atoms with E-state index in [2.05, 4.69) is 10.6 Å². The second-order valence-corrected chi connectivity index (χ2v) is 12.8. The van der Waals surface area contributed by atoms with Crippen molar-refractivity contribution in [3.8, 4) is 0 Å². The number of primary amides is 1. The molecule has 10 nitrogen and oxygen atoms in total. The minimum Gasteiger partial charge on any atom is -0.444 e. The molecule has 4 N–H and O–H groups in total. The number of carbonyl (C=O) groups is 5. The van der Waals surface area contributed by atoms with Crippen molar-refractivity contribution in [1.82, 2.24) is 15.5 Å². The van der Waals surface area contributed by atoms with Gasteiger partial charge in [0.15, 0.2) is 0 Å². The van der Waals surface area contributed by atoms with Crippen molar-refractivity contribution in [3.05, 3.63) is 0 Å². The van der Waals surface area contributed by atoms with Crippen LogP contribution in [0.4, 0.5) is 13.6 Å². The van der Waals surface area contributed by atoms with Crippen molar-refractivity contribution >= 4 is 29.6 Å². The average Bonchev–Trinajstić information content (AvgIpc) is 3.14. The summed E-state index contributed by atoms with van der Waals surface area (Å²) >= 11 is 0. The summed E-state index contributed by atoms with van der Waals surface area (Å²) in [6, 6.07) is -3.23. The minimum atomic E-state index is -2.83. The number of Topliss-reactive ketones (excluding diaryl/α,β-unsaturated/α-hetero) is 1. The largest absolute Gasteiger partial charge is 0.444 e. The van der Waals surface area contributed by atoms with E-state index in [9.17, 15) is 32.8 Å². The zero-order valence-electron chi connectivity index (χ0n) is 23.6. The molecular weight excluding hydrogens is 514 g/mol. The summed E-state index contributed by atoms with van der Waals surface area (Å²) in [7, 11) is 0. The van der Waals surface area contributed by atoms with E-state index in [1.54, 1.807) is 27.7 Å². The number of ether oxygens (including phenoxy) is 1. The zero-order chi connectivity index (χ0) is 29.5. The number of piperidine rings is 1. The van der Waals surface area contributed by atoms with Gasteiger partial charge in [-0.05, 0) is 63.2 Å². The third-order valence-corrected chi connectivity index (χ3v) is 8.38. The molecule has 1 aliphatic heterocycles. The zero-order valence-corrected chi connectivity index (χ0v) is 23.6. The summed E-state index contributed by atoms with van der Waals surface area (Å²) in [5, 5.41) is 5.23. The number of fused-ring (bicyclic) bond motifs is 1. The Bertz CT molecular complexity index is 1000. The molecular formula is C27H42F2N4O6. The maximum atomic E-state index is 14.0. The highest BCUT2D eigenvalue weighted by molar-refractivity contribution is 6.37. The normalized spacial score (nSPS) is 27.1. The fraction of sp³-hybridized carbons (Fsp3) is 0.815. The Morgan fingerprint density at radius 1 is 1.08 bits per heavy atom. The molecule has 3 fully saturated rings. The quantitative estimate of drug-likeness (QED) is 0.372. The van der Waals surface area contributed by atoms with Gasteiger partial charge >= 0.3 is 6.09 Å². The van der Waals surface area contributed by atoms with Crippen molar-refractivity contribution in [2.24, 2.45) is 28.9 Å². The molecule has 2 aliphatic carbocycles. The maximum absolute atomic E-state index is 14.0. The highest BCUT2D eigenvalue weighted by Crippen LogP contribution is 2.65. The van der Waals surface area contributed by atoms with E-state index in [4.69, 9.17) is 10.5 Å². The molecule has 39 heavy (non-hydrogen) atoms. The summed E-state index contributed by atoms with van der Waals surface area (Å²) in [4.78, 5) is 65.5. The molecule has 0 spiro atoms. The molecule has 1 saturated heterocycles. The Morgan fingerprint density at radius 2 is 1.67 bits per heavy atom. The number of rotatable bonds is 9. The lowest BCUT2D eigenvalue weighted by Gasteiger charge is -2.38. The predicted octanol–water partition coefficient (Wildman–Crippen LogP) is 2.53. The van der Waals surface area contributed by atoms with E-state index in [1.165, 1.54) is 4.90 Å². The van der Waals surface area contributed by atoms with Gasteiger partial charge in [0, 0.05) is 19.4 Å². The number of nitrogens with zero attached hydrogens (tertiary/aromatic N) is 1. The van der Waals surface area contributed by atoms with Crippen LogP contribution in [0.1, 0.15) is 80.1 Å². The predicted molar refractivity (Wildman–Crippen MR) is 137 cm³/mol. The summed E-state index contributed by atoms with van der Waals surface area (Å²) in [6.45, 7) is 11.0. The van der Waals surface area contributed by atoms with Crippen LogP contribution in [-0.2, 0) is 23.9 Å². The third kappa shape index (κ3) is 6.87. The number of alkyl carbamates (subject to hydrolysis) is 1. The van der Waals surface area contributed by atoms with Crippen molar-refractivity contribution in [2.75, 3.05) is 6.54 Å². The van der Waals surface area contributed by atoms with Gasteiger partial charge < -0.3 is 26.0 Å². The molecule has 1 heterocycles. The first-order valence-electron chi connectivity index (χ1n) is 13.7. The Morgan fingerprint density at radius 3 is 2.18 bits per heavy atom. The molecule has 3 rings (SSSR count). The van der Waals surface area contributed by atoms with E-state index >= 15 is 0 Å². The van der Waals surface area contributed by atoms with Crippen LogP contribution in [0, 0.1) is 23.2 Å². The summed E-state index contributed by atoms with van der Waals surface area (Å²) in [5.41, 5.74) is 4.08. The number of hydrogen-bond donors (Lipinski definition) is 3. The Kier molecular flexibility index (Phi) is 8.67. The first kappa shape index (κ1) is 30.7. The SMILES string of the molecule is CCCC(NC(=O)[C@@H]1[C@@H]2[C@H](CN1C(=O)C(NC(=O)OC(C)(C)C)C1CCC(F)(F)CC1)C2(C)C)C(=O)C(N)=O. The van der Waals surface area contributed by atoms with Crippen LogP contribution in [0.15, 0.2) is 0 Å². The fourth-order valence-corrected chi connectivity index (χ4v) is 6.19. The van der Waals surface area contributed by atoms with Gasteiger partial charge in [0.05, 0.1) is 6.04 Å². The van der Waals surface area contributed by atoms with Gasteiger partial charge in [-0.3, -0.25) is 19.2 Å². The number of halogens is 2. The van der Waals surface area contributed by atoms with Crippen molar-refractivity contribution in [2.45, 2.75) is 110 Å². The Labute approximate surface area is 228 Å². The van der Waals surface area contributed by atoms with Crippen LogP contribution in [0.3, 0.4) is 0 Å². The third-order valence-electron chi connectivity index (χ3n) is 8.38. The molecule has 3 aliphatic rings. The molecule has 0 aromatic heterocycles. The van der Waals surface area contributed by atoms with Crippen LogP contribution in [0.25, 0.3) is 0 Å². The number of likely N-dealkylation sites (tertiary alicyclic amines) is 1. The van der Waals surface area contributed by atoms with Crippen LogP contribution in [0.2, 0.25) is 0 Å². The average molecular weight is 557 g/mol. The van der Waals surface area contributed by atoms with Gasteiger partial charge in [-0.15, -0.1) is 0 Å². The van der Waals surface area contributed by atoms with E-state index in [0.717, 1.165) is 0 Å². The van der Waals surface area contributed by atoms with Crippen molar-refractivity contribution in [1.29, 1.82) is 0 Å². The van der Waals surface area contributed by atoms with Gasteiger partial charge in [-0.25, -0.2) is 13.6 Å². The van der Waals surface area contributed by atoms with Gasteiger partial charge in [-0.1, -0.05) is 27.2 Å². The van der Waals surface area contributed by atoms with E-state index in [-0.39, 0.29) is 43.1 Å². The minimum absolute atomic E-state index is 0.00605. The topological polar surface area (TPSA) is 148 Å². The molecule has 12 heteroatoms. The molecule has 220 valence electrons. The van der Waals surface area contributed by atoms with Crippen LogP contribution < -0.4 is 16.4 Å². The lowest BCUT2D eigenvalue weighted by atomic mass is 9.81. The summed E-state index contributed by atoms with van der Waals surface area (Å²) in [5.74, 6) is -6.81. The standard InChI is InChI=1S/C27H42F2N4O6/c1-7-8-16(20(34)21(30)35)31-22(36)19-17-15(26(17,5)6)13-33(19)23(37)18(32-24(38)39-25(2,3)4)14-9-11-27(28,29)12-10-14/h14-19H,7-13H2,1-6H3,(H2,30,35)(H,31,36)(H,32,38)/t15-,16?,17-,18?,19-/m0/s1. The Hall–Kier alpha value is -2.79. The number of nitrogens with two attached hydrogens (primary N) is 1. The molecule has 0 bridgehead atoms. The van der Waals surface area contributed by atoms with E-state index < -0.39 is 78.0 Å². The summed E-state index contributed by atoms with van der Waals surface area (Å²) in [6.07, 6.45) is -0.921. The molecule has 2 unspecified atom stereocenters. The number of carbonyl (C=O) groups excluding carboxylic acids is 5. The van der Waals surface area contributed by atoms with Crippen LogP contribution in [0.5, 0.6) is 0 Å². The number of ketones is 1. The van der Waals surface area contributed by atoms with Crippen molar-refractivity contribution < 1.29 is 37.5 Å². The second-order valence-electron chi connectivity index (χ2n) is 12.8. The smallest absolute Gasteiger partial charge is 0.408 e. The molecule has 2 saturated carbocycles. The van der Waals surface area contributed by atoms with E-state index in [1.807, 2.05) is 13.8 Å². The molecule has 0 aromatic carbocycles. The number of alkyl halides is 2. The molecule has 5 atom stereocenters. The second kappa shape index (κ2) is 11.0. The molecule has 0 radical (unpaired) electrons. The van der Waals surface area contributed by atoms with Gasteiger partial charge in [0.25, 0.3) is 5.91 Å². The lowest BCUT2D eigenvalue weighted by Crippen LogP contribution is -2.60. The van der Waals surface area contributed by atoms with E-state index in [0.29, 0.717) is 6.42 Å².